The van der Waals surface area contributed by atoms with Gasteiger partial charge in [-0.05, 0) is 42.7 Å². The van der Waals surface area contributed by atoms with Crippen molar-refractivity contribution in [2.24, 2.45) is 11.3 Å². The first kappa shape index (κ1) is 13.6. The molecule has 2 aliphatic rings. The Kier molecular flexibility index (Phi) is 3.79. The van der Waals surface area contributed by atoms with Gasteiger partial charge in [0.15, 0.2) is 0 Å². The van der Waals surface area contributed by atoms with Crippen LogP contribution in [0.5, 0.6) is 0 Å². The van der Waals surface area contributed by atoms with Crippen molar-refractivity contribution in [3.05, 3.63) is 35.9 Å². The Hall–Kier alpha value is -1.35. The third-order valence-electron chi connectivity index (χ3n) is 4.73. The van der Waals surface area contributed by atoms with E-state index in [9.17, 15) is 4.79 Å². The van der Waals surface area contributed by atoms with Crippen LogP contribution in [0.4, 0.5) is 0 Å². The monoisotopic (exact) mass is 272 g/mol. The van der Waals surface area contributed by atoms with Gasteiger partial charge in [-0.3, -0.25) is 4.79 Å². The fourth-order valence-electron chi connectivity index (χ4n) is 3.25. The highest BCUT2D eigenvalue weighted by Crippen LogP contribution is 2.47. The fraction of sp³-hybridized carbons (Fsp3) is 0.588. The second kappa shape index (κ2) is 5.57. The molecule has 3 atom stereocenters. The lowest BCUT2D eigenvalue weighted by Gasteiger charge is -2.34. The van der Waals surface area contributed by atoms with Crippen molar-refractivity contribution in [1.29, 1.82) is 0 Å². The van der Waals surface area contributed by atoms with Crippen molar-refractivity contribution in [3.8, 4) is 0 Å². The summed E-state index contributed by atoms with van der Waals surface area (Å²) in [6.07, 6.45) is 3.42. The van der Waals surface area contributed by atoms with Crippen LogP contribution in [0.1, 0.15) is 37.7 Å². The number of carbonyl (C=O) groups excluding carboxylic acids is 1. The predicted molar refractivity (Wildman–Crippen MR) is 80.5 cm³/mol. The molecule has 1 aromatic rings. The maximum absolute atomic E-state index is 12.2. The molecule has 0 spiro atoms. The topological polar surface area (TPSA) is 41.1 Å². The lowest BCUT2D eigenvalue weighted by molar-refractivity contribution is -0.122. The van der Waals surface area contributed by atoms with Gasteiger partial charge in [0.25, 0.3) is 0 Å². The van der Waals surface area contributed by atoms with Crippen molar-refractivity contribution in [1.82, 2.24) is 10.6 Å². The fourth-order valence-corrected chi connectivity index (χ4v) is 3.25. The number of piperidine rings is 1. The van der Waals surface area contributed by atoms with E-state index in [0.29, 0.717) is 5.92 Å². The van der Waals surface area contributed by atoms with Crippen LogP contribution < -0.4 is 10.6 Å². The molecular formula is C17H24N2O. The largest absolute Gasteiger partial charge is 0.355 e. The first-order chi connectivity index (χ1) is 9.68. The predicted octanol–water partition coefficient (Wildman–Crippen LogP) is 2.30. The lowest BCUT2D eigenvalue weighted by Crippen LogP contribution is -2.46. The number of rotatable bonds is 4. The smallest absolute Gasteiger partial charge is 0.223 e. The Bertz CT molecular complexity index is 465. The molecule has 3 heteroatoms. The summed E-state index contributed by atoms with van der Waals surface area (Å²) in [4.78, 5) is 12.2. The number of benzene rings is 1. The van der Waals surface area contributed by atoms with E-state index in [1.54, 1.807) is 0 Å². The van der Waals surface area contributed by atoms with Gasteiger partial charge in [-0.2, -0.15) is 0 Å². The minimum Gasteiger partial charge on any atom is -0.355 e. The molecular weight excluding hydrogens is 248 g/mol. The zero-order valence-electron chi connectivity index (χ0n) is 12.2. The molecule has 1 aliphatic heterocycles. The summed E-state index contributed by atoms with van der Waals surface area (Å²) in [5.41, 5.74) is 1.53. The highest BCUT2D eigenvalue weighted by molar-refractivity contribution is 5.82. The maximum atomic E-state index is 12.2. The molecule has 1 saturated carbocycles. The second-order valence-corrected chi connectivity index (χ2v) is 6.67. The molecule has 1 amide bonds. The average molecular weight is 272 g/mol. The van der Waals surface area contributed by atoms with Crippen LogP contribution in [0, 0.1) is 11.3 Å². The van der Waals surface area contributed by atoms with Crippen molar-refractivity contribution < 1.29 is 4.79 Å². The van der Waals surface area contributed by atoms with E-state index in [1.165, 1.54) is 18.4 Å². The van der Waals surface area contributed by atoms with Gasteiger partial charge in [0.1, 0.15) is 0 Å². The van der Waals surface area contributed by atoms with E-state index in [1.807, 2.05) is 6.07 Å². The molecule has 0 radical (unpaired) electrons. The summed E-state index contributed by atoms with van der Waals surface area (Å²) in [6.45, 7) is 5.19. The number of nitrogens with one attached hydrogen (secondary N) is 2. The van der Waals surface area contributed by atoms with Gasteiger partial charge in [-0.15, -0.1) is 0 Å². The van der Waals surface area contributed by atoms with Crippen LogP contribution in [0.2, 0.25) is 0 Å². The van der Waals surface area contributed by atoms with Crippen molar-refractivity contribution in [3.63, 3.8) is 0 Å². The quantitative estimate of drug-likeness (QED) is 0.883. The molecule has 3 rings (SSSR count). The van der Waals surface area contributed by atoms with Crippen LogP contribution in [0.3, 0.4) is 0 Å². The summed E-state index contributed by atoms with van der Waals surface area (Å²) in [5, 5.41) is 6.60. The standard InChI is InChI=1S/C17H24N2O/c1-17(8-5-9-18-11-17)12-19-16(20)15-10-14(15)13-6-3-2-4-7-13/h2-4,6-7,14-15,18H,5,8-12H2,1H3,(H,19,20). The van der Waals surface area contributed by atoms with E-state index in [2.05, 4.69) is 41.8 Å². The second-order valence-electron chi connectivity index (χ2n) is 6.67. The van der Waals surface area contributed by atoms with Gasteiger partial charge in [0, 0.05) is 19.0 Å². The third kappa shape index (κ3) is 3.04. The van der Waals surface area contributed by atoms with Crippen LogP contribution in [0.25, 0.3) is 0 Å². The van der Waals surface area contributed by atoms with Crippen molar-refractivity contribution >= 4 is 5.91 Å². The molecule has 1 saturated heterocycles. The SMILES string of the molecule is CC1(CNC(=O)C2CC2c2ccccc2)CCCNC1. The van der Waals surface area contributed by atoms with Gasteiger partial charge in [0.05, 0.1) is 0 Å². The van der Waals surface area contributed by atoms with E-state index in [4.69, 9.17) is 0 Å². The summed E-state index contributed by atoms with van der Waals surface area (Å²) < 4.78 is 0. The van der Waals surface area contributed by atoms with Gasteiger partial charge < -0.3 is 10.6 Å². The Balaban J connectivity index is 1.49. The molecule has 3 nitrogen and oxygen atoms in total. The van der Waals surface area contributed by atoms with E-state index >= 15 is 0 Å². The number of hydrogen-bond donors (Lipinski definition) is 2. The zero-order chi connectivity index (χ0) is 14.0. The van der Waals surface area contributed by atoms with Crippen LogP contribution in [-0.2, 0) is 4.79 Å². The Morgan fingerprint density at radius 2 is 2.20 bits per heavy atom. The zero-order valence-corrected chi connectivity index (χ0v) is 12.2. The average Bonchev–Trinajstić information content (AvgIpc) is 3.27. The highest BCUT2D eigenvalue weighted by atomic mass is 16.2. The molecule has 1 heterocycles. The van der Waals surface area contributed by atoms with E-state index < -0.39 is 0 Å². The summed E-state index contributed by atoms with van der Waals surface area (Å²) in [7, 11) is 0. The highest BCUT2D eigenvalue weighted by Gasteiger charge is 2.44. The van der Waals surface area contributed by atoms with Crippen molar-refractivity contribution in [2.45, 2.75) is 32.1 Å². The van der Waals surface area contributed by atoms with E-state index in [-0.39, 0.29) is 17.2 Å². The van der Waals surface area contributed by atoms with Crippen LogP contribution in [0.15, 0.2) is 30.3 Å². The molecule has 0 aromatic heterocycles. The molecule has 3 unspecified atom stereocenters. The number of carbonyl (C=O) groups is 1. The first-order valence-corrected chi connectivity index (χ1v) is 7.71. The van der Waals surface area contributed by atoms with Gasteiger partial charge in [-0.1, -0.05) is 37.3 Å². The van der Waals surface area contributed by atoms with Gasteiger partial charge in [-0.25, -0.2) is 0 Å². The summed E-state index contributed by atoms with van der Waals surface area (Å²) >= 11 is 0. The number of amides is 1. The molecule has 0 bridgehead atoms. The Morgan fingerprint density at radius 1 is 1.40 bits per heavy atom. The summed E-state index contributed by atoms with van der Waals surface area (Å²) in [5.74, 6) is 0.872. The van der Waals surface area contributed by atoms with Gasteiger partial charge >= 0.3 is 0 Å². The van der Waals surface area contributed by atoms with Gasteiger partial charge in [0.2, 0.25) is 5.91 Å². The minimum absolute atomic E-state index is 0.192. The molecule has 1 aromatic carbocycles. The number of hydrogen-bond acceptors (Lipinski definition) is 2. The molecule has 1 aliphatic carbocycles. The Labute approximate surface area is 121 Å². The third-order valence-corrected chi connectivity index (χ3v) is 4.73. The normalized spacial score (nSPS) is 32.6. The lowest BCUT2D eigenvalue weighted by atomic mass is 9.83. The molecule has 2 N–H and O–H groups in total. The molecule has 108 valence electrons. The molecule has 2 fully saturated rings. The van der Waals surface area contributed by atoms with Crippen LogP contribution >= 0.6 is 0 Å². The maximum Gasteiger partial charge on any atom is 0.223 e. The van der Waals surface area contributed by atoms with Crippen molar-refractivity contribution in [2.75, 3.05) is 19.6 Å². The molecule has 20 heavy (non-hydrogen) atoms. The Morgan fingerprint density at radius 3 is 2.90 bits per heavy atom. The van der Waals surface area contributed by atoms with E-state index in [0.717, 1.165) is 26.1 Å². The van der Waals surface area contributed by atoms with Crippen LogP contribution in [-0.4, -0.2) is 25.5 Å². The first-order valence-electron chi connectivity index (χ1n) is 7.71. The summed E-state index contributed by atoms with van der Waals surface area (Å²) in [6, 6.07) is 10.4. The minimum atomic E-state index is 0.192.